The van der Waals surface area contributed by atoms with E-state index in [0.717, 1.165) is 48.8 Å². The van der Waals surface area contributed by atoms with Crippen LogP contribution in [0.3, 0.4) is 0 Å². The Kier molecular flexibility index (Phi) is 5.19. The number of H-pyrrole nitrogens is 1. The molecule has 2 aliphatic rings. The largest absolute Gasteiger partial charge is 0.486 e. The number of carbonyl (C=O) groups is 1. The molecule has 1 fully saturated rings. The highest BCUT2D eigenvalue weighted by Gasteiger charge is 2.32. The van der Waals surface area contributed by atoms with Crippen LogP contribution in [0.2, 0.25) is 0 Å². The van der Waals surface area contributed by atoms with Gasteiger partial charge in [-0.2, -0.15) is 5.21 Å². The van der Waals surface area contributed by atoms with Gasteiger partial charge in [-0.1, -0.05) is 11.3 Å². The highest BCUT2D eigenvalue weighted by molar-refractivity contribution is 5.81. The van der Waals surface area contributed by atoms with E-state index in [0.29, 0.717) is 19.8 Å². The second kappa shape index (κ2) is 7.91. The van der Waals surface area contributed by atoms with Crippen molar-refractivity contribution < 1.29 is 14.3 Å². The van der Waals surface area contributed by atoms with Crippen LogP contribution < -0.4 is 14.8 Å². The normalized spacial score (nSPS) is 20.4. The topological polar surface area (TPSA) is 105 Å². The molecule has 0 spiro atoms. The van der Waals surface area contributed by atoms with Crippen molar-refractivity contribution in [2.45, 2.75) is 31.7 Å². The molecule has 1 saturated heterocycles. The number of tetrazole rings is 1. The Bertz CT molecular complexity index is 781. The van der Waals surface area contributed by atoms with Gasteiger partial charge in [0.15, 0.2) is 17.3 Å². The molecule has 2 aromatic rings. The van der Waals surface area contributed by atoms with Crippen molar-refractivity contribution in [3.05, 3.63) is 29.6 Å². The molecule has 1 aromatic carbocycles. The number of likely N-dealkylation sites (tertiary alicyclic amines) is 1. The number of aromatic nitrogens is 4. The van der Waals surface area contributed by atoms with Gasteiger partial charge in [0.1, 0.15) is 13.2 Å². The zero-order valence-electron chi connectivity index (χ0n) is 15.4. The predicted molar refractivity (Wildman–Crippen MR) is 96.7 cm³/mol. The van der Waals surface area contributed by atoms with Gasteiger partial charge in [0.2, 0.25) is 5.91 Å². The Hall–Kier alpha value is -2.68. The van der Waals surface area contributed by atoms with E-state index < -0.39 is 0 Å². The van der Waals surface area contributed by atoms with Gasteiger partial charge >= 0.3 is 0 Å². The third-order valence-electron chi connectivity index (χ3n) is 5.19. The lowest BCUT2D eigenvalue weighted by atomic mass is 10.1. The first-order chi connectivity index (χ1) is 13.2. The van der Waals surface area contributed by atoms with Gasteiger partial charge in [-0.3, -0.25) is 9.69 Å². The molecule has 2 unspecified atom stereocenters. The van der Waals surface area contributed by atoms with E-state index in [1.807, 2.05) is 25.1 Å². The summed E-state index contributed by atoms with van der Waals surface area (Å²) < 4.78 is 11.1. The Morgan fingerprint density at radius 2 is 2.22 bits per heavy atom. The maximum absolute atomic E-state index is 12.5. The molecule has 1 aromatic heterocycles. The van der Waals surface area contributed by atoms with Crippen LogP contribution in [-0.4, -0.2) is 70.3 Å². The van der Waals surface area contributed by atoms with E-state index in [2.05, 4.69) is 30.8 Å². The third-order valence-corrected chi connectivity index (χ3v) is 5.19. The molecular formula is C18H24N6O3. The van der Waals surface area contributed by atoms with E-state index in [1.54, 1.807) is 0 Å². The van der Waals surface area contributed by atoms with Crippen LogP contribution >= 0.6 is 0 Å². The van der Waals surface area contributed by atoms with E-state index in [9.17, 15) is 4.79 Å². The van der Waals surface area contributed by atoms with E-state index in [-0.39, 0.29) is 17.9 Å². The van der Waals surface area contributed by atoms with Crippen LogP contribution in [0.25, 0.3) is 0 Å². The molecule has 27 heavy (non-hydrogen) atoms. The van der Waals surface area contributed by atoms with Crippen molar-refractivity contribution in [1.82, 2.24) is 30.8 Å². The first-order valence-corrected chi connectivity index (χ1v) is 9.34. The van der Waals surface area contributed by atoms with Gasteiger partial charge < -0.3 is 14.8 Å². The molecule has 3 heterocycles. The Balaban J connectivity index is 1.24. The molecule has 0 radical (unpaired) electrons. The molecule has 144 valence electrons. The van der Waals surface area contributed by atoms with Crippen molar-refractivity contribution >= 4 is 5.91 Å². The first kappa shape index (κ1) is 17.7. The Labute approximate surface area is 157 Å². The Morgan fingerprint density at radius 1 is 1.37 bits per heavy atom. The fourth-order valence-electron chi connectivity index (χ4n) is 3.58. The second-order valence-electron chi connectivity index (χ2n) is 6.95. The average molecular weight is 372 g/mol. The first-order valence-electron chi connectivity index (χ1n) is 9.34. The number of amides is 1. The fraction of sp³-hybridized carbons (Fsp3) is 0.556. The van der Waals surface area contributed by atoms with Crippen LogP contribution in [0.1, 0.15) is 30.7 Å². The maximum Gasteiger partial charge on any atom is 0.237 e. The summed E-state index contributed by atoms with van der Waals surface area (Å²) in [6.45, 7) is 5.32. The molecule has 0 aliphatic carbocycles. The monoisotopic (exact) mass is 372 g/mol. The van der Waals surface area contributed by atoms with Crippen LogP contribution in [0, 0.1) is 0 Å². The van der Waals surface area contributed by atoms with Crippen LogP contribution in [-0.2, 0) is 11.2 Å². The van der Waals surface area contributed by atoms with Gasteiger partial charge in [0.05, 0.1) is 6.04 Å². The summed E-state index contributed by atoms with van der Waals surface area (Å²) in [6.07, 6.45) is 1.69. The lowest BCUT2D eigenvalue weighted by Gasteiger charge is -2.23. The highest BCUT2D eigenvalue weighted by Crippen LogP contribution is 2.30. The number of nitrogens with zero attached hydrogens (tertiary/aromatic N) is 4. The van der Waals surface area contributed by atoms with Crippen LogP contribution in [0.5, 0.6) is 11.5 Å². The SMILES string of the molecule is CC(C(=O)NCCc1ccc2c(c1)OCCO2)N1CCC(c2nn[nH]n2)C1. The molecule has 9 nitrogen and oxygen atoms in total. The van der Waals surface area contributed by atoms with Crippen LogP contribution in [0.4, 0.5) is 0 Å². The summed E-state index contributed by atoms with van der Waals surface area (Å²) in [5, 5.41) is 17.3. The van der Waals surface area contributed by atoms with Crippen molar-refractivity contribution in [1.29, 1.82) is 0 Å². The van der Waals surface area contributed by atoms with Gasteiger partial charge in [0.25, 0.3) is 0 Å². The highest BCUT2D eigenvalue weighted by atomic mass is 16.6. The van der Waals surface area contributed by atoms with Crippen molar-refractivity contribution in [2.75, 3.05) is 32.8 Å². The molecule has 2 aliphatic heterocycles. The molecule has 1 amide bonds. The Morgan fingerprint density at radius 3 is 3.04 bits per heavy atom. The zero-order valence-corrected chi connectivity index (χ0v) is 15.4. The molecule has 2 atom stereocenters. The maximum atomic E-state index is 12.5. The molecule has 4 rings (SSSR count). The predicted octanol–water partition coefficient (Wildman–Crippen LogP) is 0.508. The number of nitrogens with one attached hydrogen (secondary N) is 2. The zero-order chi connectivity index (χ0) is 18.6. The fourth-order valence-corrected chi connectivity index (χ4v) is 3.58. The van der Waals surface area contributed by atoms with E-state index >= 15 is 0 Å². The van der Waals surface area contributed by atoms with E-state index in [4.69, 9.17) is 9.47 Å². The minimum absolute atomic E-state index is 0.0429. The minimum Gasteiger partial charge on any atom is -0.486 e. The summed E-state index contributed by atoms with van der Waals surface area (Å²) in [6, 6.07) is 5.75. The number of fused-ring (bicyclic) bond motifs is 1. The summed E-state index contributed by atoms with van der Waals surface area (Å²) in [4.78, 5) is 14.7. The van der Waals surface area contributed by atoms with Gasteiger partial charge in [0, 0.05) is 19.0 Å². The number of rotatable bonds is 6. The summed E-state index contributed by atoms with van der Waals surface area (Å²) in [7, 11) is 0. The van der Waals surface area contributed by atoms with Gasteiger partial charge in [-0.25, -0.2) is 0 Å². The summed E-state index contributed by atoms with van der Waals surface area (Å²) >= 11 is 0. The number of carbonyl (C=O) groups excluding carboxylic acids is 1. The molecule has 0 bridgehead atoms. The summed E-state index contributed by atoms with van der Waals surface area (Å²) in [5.74, 6) is 2.57. The van der Waals surface area contributed by atoms with Crippen molar-refractivity contribution in [2.24, 2.45) is 0 Å². The third kappa shape index (κ3) is 4.02. The number of ether oxygens (including phenoxy) is 2. The lowest BCUT2D eigenvalue weighted by Crippen LogP contribution is -2.44. The summed E-state index contributed by atoms with van der Waals surface area (Å²) in [5.41, 5.74) is 1.12. The van der Waals surface area contributed by atoms with Gasteiger partial charge in [-0.05, 0) is 44.0 Å². The van der Waals surface area contributed by atoms with Crippen molar-refractivity contribution in [3.8, 4) is 11.5 Å². The molecule has 9 heteroatoms. The van der Waals surface area contributed by atoms with Gasteiger partial charge in [-0.15, -0.1) is 10.2 Å². The van der Waals surface area contributed by atoms with Crippen molar-refractivity contribution in [3.63, 3.8) is 0 Å². The number of hydrogen-bond donors (Lipinski definition) is 2. The van der Waals surface area contributed by atoms with Crippen LogP contribution in [0.15, 0.2) is 18.2 Å². The number of benzene rings is 1. The second-order valence-corrected chi connectivity index (χ2v) is 6.95. The quantitative estimate of drug-likeness (QED) is 0.761. The number of aromatic amines is 1. The molecule has 0 saturated carbocycles. The molecule has 2 N–H and O–H groups in total. The minimum atomic E-state index is -0.179. The smallest absolute Gasteiger partial charge is 0.237 e. The van der Waals surface area contributed by atoms with E-state index in [1.165, 1.54) is 0 Å². The average Bonchev–Trinajstić information content (AvgIpc) is 3.39. The lowest BCUT2D eigenvalue weighted by molar-refractivity contribution is -0.125. The number of hydrogen-bond acceptors (Lipinski definition) is 7. The molecular weight excluding hydrogens is 348 g/mol. The standard InChI is InChI=1S/C18H24N6O3/c1-12(24-7-5-14(11-24)17-20-22-23-21-17)18(25)19-6-4-13-2-3-15-16(10-13)27-9-8-26-15/h2-3,10,12,14H,4-9,11H2,1H3,(H,19,25)(H,20,21,22,23).